The van der Waals surface area contributed by atoms with Crippen molar-refractivity contribution in [1.29, 1.82) is 0 Å². The van der Waals surface area contributed by atoms with Crippen LogP contribution >= 0.6 is 0 Å². The molecule has 3 fully saturated rings. The van der Waals surface area contributed by atoms with Crippen molar-refractivity contribution in [2.75, 3.05) is 0 Å². The highest BCUT2D eigenvalue weighted by atomic mass is 16.1. The van der Waals surface area contributed by atoms with Crippen LogP contribution in [-0.2, 0) is 4.79 Å². The van der Waals surface area contributed by atoms with Gasteiger partial charge in [0.25, 0.3) is 0 Å². The smallest absolute Gasteiger partial charge is 0.178 e. The maximum atomic E-state index is 12.0. The fourth-order valence-corrected chi connectivity index (χ4v) is 7.02. The topological polar surface area (TPSA) is 17.1 Å². The molecule has 136 valence electrons. The molecule has 5 rings (SSSR count). The highest BCUT2D eigenvalue weighted by molar-refractivity contribution is 6.01. The minimum absolute atomic E-state index is 0.144. The van der Waals surface area contributed by atoms with Crippen molar-refractivity contribution in [3.8, 4) is 0 Å². The average Bonchev–Trinajstić information content (AvgIpc) is 3.30. The third-order valence-corrected chi connectivity index (χ3v) is 8.69. The number of rotatable bonds is 0. The maximum Gasteiger partial charge on any atom is 0.178 e. The van der Waals surface area contributed by atoms with Crippen molar-refractivity contribution in [2.45, 2.75) is 73.1 Å². The van der Waals surface area contributed by atoms with E-state index in [9.17, 15) is 4.79 Å². The first kappa shape index (κ1) is 17.3. The number of ketones is 1. The van der Waals surface area contributed by atoms with Crippen LogP contribution in [0.4, 0.5) is 0 Å². The van der Waals surface area contributed by atoms with Crippen LogP contribution in [0.25, 0.3) is 0 Å². The Bertz CT molecular complexity index is 689. The van der Waals surface area contributed by atoms with Crippen LogP contribution < -0.4 is 0 Å². The van der Waals surface area contributed by atoms with E-state index in [4.69, 9.17) is 0 Å². The molecule has 25 heavy (non-hydrogen) atoms. The van der Waals surface area contributed by atoms with E-state index in [-0.39, 0.29) is 11.2 Å². The fourth-order valence-electron chi connectivity index (χ4n) is 7.02. The lowest BCUT2D eigenvalue weighted by Gasteiger charge is -2.59. The van der Waals surface area contributed by atoms with Gasteiger partial charge in [0, 0.05) is 5.41 Å². The lowest BCUT2D eigenvalue weighted by molar-refractivity contribution is -0.111. The van der Waals surface area contributed by atoms with Gasteiger partial charge in [-0.3, -0.25) is 4.79 Å². The number of hydrogen-bond donors (Lipinski definition) is 0. The highest BCUT2D eigenvalue weighted by Crippen LogP contribution is 2.73. The summed E-state index contributed by atoms with van der Waals surface area (Å²) >= 11 is 0. The van der Waals surface area contributed by atoms with Gasteiger partial charge in [-0.1, -0.05) is 51.0 Å². The Morgan fingerprint density at radius 3 is 2.48 bits per heavy atom. The Balaban J connectivity index is 0.000000758. The van der Waals surface area contributed by atoms with Crippen molar-refractivity contribution in [1.82, 2.24) is 0 Å². The van der Waals surface area contributed by atoms with Gasteiger partial charge in [0.1, 0.15) is 0 Å². The lowest BCUT2D eigenvalue weighted by atomic mass is 9.45. The Morgan fingerprint density at radius 2 is 1.80 bits per heavy atom. The van der Waals surface area contributed by atoms with Crippen LogP contribution in [-0.4, -0.2) is 5.78 Å². The van der Waals surface area contributed by atoms with E-state index in [1.54, 1.807) is 5.57 Å². The third-order valence-electron chi connectivity index (χ3n) is 8.69. The summed E-state index contributed by atoms with van der Waals surface area (Å²) in [5.41, 5.74) is 4.12. The molecule has 0 amide bonds. The molecule has 0 aromatic rings. The molecule has 0 bridgehead atoms. The zero-order valence-corrected chi connectivity index (χ0v) is 16.7. The second-order valence-corrected chi connectivity index (χ2v) is 9.52. The first-order chi connectivity index (χ1) is 11.9. The molecule has 0 saturated heterocycles. The maximum absolute atomic E-state index is 12.0. The van der Waals surface area contributed by atoms with Gasteiger partial charge in [-0.2, -0.15) is 0 Å². The molecule has 1 nitrogen and oxygen atoms in total. The average molecular weight is 339 g/mol. The Morgan fingerprint density at radius 1 is 1.08 bits per heavy atom. The van der Waals surface area contributed by atoms with E-state index in [1.807, 2.05) is 26.0 Å². The van der Waals surface area contributed by atoms with Gasteiger partial charge in [0.05, 0.1) is 0 Å². The van der Waals surface area contributed by atoms with E-state index in [1.165, 1.54) is 44.1 Å². The number of allylic oxidation sites excluding steroid dienone is 6. The van der Waals surface area contributed by atoms with Gasteiger partial charge in [-0.25, -0.2) is 0 Å². The van der Waals surface area contributed by atoms with Crippen LogP contribution in [0.15, 0.2) is 35.5 Å². The Labute approximate surface area is 153 Å². The molecule has 1 spiro atoms. The van der Waals surface area contributed by atoms with E-state index < -0.39 is 0 Å². The molecule has 0 aliphatic heterocycles. The minimum Gasteiger partial charge on any atom is -0.290 e. The van der Waals surface area contributed by atoms with Gasteiger partial charge >= 0.3 is 0 Å². The summed E-state index contributed by atoms with van der Waals surface area (Å²) in [6.07, 6.45) is 16.6. The minimum atomic E-state index is 0.144. The fraction of sp³-hybridized carbons (Fsp3) is 0.708. The van der Waals surface area contributed by atoms with Gasteiger partial charge in [0.15, 0.2) is 5.78 Å². The molecule has 0 aromatic carbocycles. The molecule has 0 heterocycles. The van der Waals surface area contributed by atoms with Crippen LogP contribution in [0.2, 0.25) is 0 Å². The summed E-state index contributed by atoms with van der Waals surface area (Å²) in [6.45, 7) is 11.3. The summed E-state index contributed by atoms with van der Waals surface area (Å²) < 4.78 is 0. The zero-order valence-electron chi connectivity index (χ0n) is 16.7. The number of carbonyl (C=O) groups excluding carboxylic acids is 1. The summed E-state index contributed by atoms with van der Waals surface area (Å²) in [7, 11) is 0. The highest BCUT2D eigenvalue weighted by Gasteiger charge is 2.64. The van der Waals surface area contributed by atoms with Crippen LogP contribution in [0.3, 0.4) is 0 Å². The summed E-state index contributed by atoms with van der Waals surface area (Å²) in [6, 6.07) is 0. The summed E-state index contributed by atoms with van der Waals surface area (Å²) in [5.74, 6) is 2.64. The van der Waals surface area contributed by atoms with Crippen molar-refractivity contribution in [3.05, 3.63) is 35.5 Å². The monoisotopic (exact) mass is 338 g/mol. The van der Waals surface area contributed by atoms with E-state index >= 15 is 0 Å². The number of carbonyl (C=O) groups is 1. The molecule has 0 radical (unpaired) electrons. The molecule has 3 saturated carbocycles. The quantitative estimate of drug-likeness (QED) is 0.476. The Kier molecular flexibility index (Phi) is 3.77. The van der Waals surface area contributed by atoms with Crippen molar-refractivity contribution in [3.63, 3.8) is 0 Å². The Hall–Kier alpha value is -1.11. The van der Waals surface area contributed by atoms with Crippen LogP contribution in [0.5, 0.6) is 0 Å². The van der Waals surface area contributed by atoms with Crippen molar-refractivity contribution >= 4 is 5.78 Å². The molecule has 5 aliphatic rings. The van der Waals surface area contributed by atoms with Crippen molar-refractivity contribution < 1.29 is 4.79 Å². The number of fused-ring (bicyclic) bond motifs is 6. The number of hydrogen-bond acceptors (Lipinski definition) is 1. The summed E-state index contributed by atoms with van der Waals surface area (Å²) in [5, 5.41) is 0. The first-order valence-electron chi connectivity index (χ1n) is 10.5. The third kappa shape index (κ3) is 2.17. The second-order valence-electron chi connectivity index (χ2n) is 9.52. The SMILES string of the molecule is CC.CC1=CCC2C3CC4(CC4)C4=CC(=O)C=CC4(C)C3CCC12C. The molecule has 0 N–H and O–H groups in total. The van der Waals surface area contributed by atoms with Crippen molar-refractivity contribution in [2.24, 2.45) is 34.0 Å². The molecule has 0 aromatic heterocycles. The molecule has 1 heteroatoms. The van der Waals surface area contributed by atoms with E-state index in [2.05, 4.69) is 32.9 Å². The largest absolute Gasteiger partial charge is 0.290 e. The summed E-state index contributed by atoms with van der Waals surface area (Å²) in [4.78, 5) is 12.0. The van der Waals surface area contributed by atoms with Crippen LogP contribution in [0.1, 0.15) is 73.1 Å². The molecule has 5 unspecified atom stereocenters. The predicted octanol–water partition coefficient (Wildman–Crippen LogP) is 6.27. The van der Waals surface area contributed by atoms with Gasteiger partial charge < -0.3 is 0 Å². The predicted molar refractivity (Wildman–Crippen MR) is 104 cm³/mol. The van der Waals surface area contributed by atoms with Gasteiger partial charge in [0.2, 0.25) is 0 Å². The molecular weight excluding hydrogens is 304 g/mol. The van der Waals surface area contributed by atoms with E-state index in [0.29, 0.717) is 10.8 Å². The standard InChI is InChI=1S/C22H28O.C2H6/c1-14-4-5-17-16-13-22(10-11-22)19-12-15(23)6-8-21(19,3)18(16)7-9-20(14,17)2;1-2/h4,6,8,12,16-18H,5,7,9-11,13H2,1-3H3;1-2H3. The molecular formula is C24H34O. The normalized spacial score (nSPS) is 45.5. The zero-order chi connectivity index (χ0) is 18.0. The first-order valence-corrected chi connectivity index (χ1v) is 10.5. The molecule has 5 aliphatic carbocycles. The van der Waals surface area contributed by atoms with Gasteiger partial charge in [-0.05, 0) is 86.2 Å². The van der Waals surface area contributed by atoms with E-state index in [0.717, 1.165) is 17.8 Å². The van der Waals surface area contributed by atoms with Crippen LogP contribution in [0, 0.1) is 34.0 Å². The van der Waals surface area contributed by atoms with Gasteiger partial charge in [-0.15, -0.1) is 0 Å². The molecule has 5 atom stereocenters. The second kappa shape index (κ2) is 5.44. The lowest BCUT2D eigenvalue weighted by Crippen LogP contribution is -2.51.